The van der Waals surface area contributed by atoms with E-state index in [0.29, 0.717) is 25.0 Å². The van der Waals surface area contributed by atoms with Crippen LogP contribution in [0.4, 0.5) is 4.79 Å². The molecule has 0 spiro atoms. The molecule has 0 bridgehead atoms. The molecule has 1 saturated heterocycles. The Morgan fingerprint density at radius 3 is 2.60 bits per heavy atom. The zero-order chi connectivity index (χ0) is 15.3. The SMILES string of the molecule is CC(C)(C)OC(=O)N(CCBr)N1CC(NC(Br)C=O)C1. The number of carbonyl (C=O) groups excluding carboxylic acids is 2. The summed E-state index contributed by atoms with van der Waals surface area (Å²) in [5.74, 6) is 0. The van der Waals surface area contributed by atoms with Crippen LogP contribution in [0.15, 0.2) is 0 Å². The summed E-state index contributed by atoms with van der Waals surface area (Å²) in [5, 5.41) is 7.29. The van der Waals surface area contributed by atoms with Crippen LogP contribution in [0.3, 0.4) is 0 Å². The fourth-order valence-corrected chi connectivity index (χ4v) is 2.47. The van der Waals surface area contributed by atoms with Crippen molar-refractivity contribution in [1.29, 1.82) is 0 Å². The third kappa shape index (κ3) is 5.67. The van der Waals surface area contributed by atoms with Gasteiger partial charge in [-0.15, -0.1) is 0 Å². The average molecular weight is 415 g/mol. The van der Waals surface area contributed by atoms with Crippen LogP contribution >= 0.6 is 31.9 Å². The molecule has 0 radical (unpaired) electrons. The molecule has 1 unspecified atom stereocenters. The van der Waals surface area contributed by atoms with E-state index < -0.39 is 5.60 Å². The molecule has 116 valence electrons. The van der Waals surface area contributed by atoms with Crippen LogP contribution in [0.5, 0.6) is 0 Å². The van der Waals surface area contributed by atoms with Gasteiger partial charge >= 0.3 is 6.09 Å². The minimum Gasteiger partial charge on any atom is -0.443 e. The first-order chi connectivity index (χ1) is 9.26. The lowest BCUT2D eigenvalue weighted by Crippen LogP contribution is -2.66. The molecule has 20 heavy (non-hydrogen) atoms. The minimum atomic E-state index is -0.511. The van der Waals surface area contributed by atoms with Crippen molar-refractivity contribution >= 4 is 44.2 Å². The Morgan fingerprint density at radius 2 is 2.15 bits per heavy atom. The third-order valence-corrected chi connectivity index (χ3v) is 3.45. The van der Waals surface area contributed by atoms with E-state index in [1.54, 1.807) is 5.01 Å². The molecule has 0 aromatic rings. The molecule has 8 heteroatoms. The van der Waals surface area contributed by atoms with Gasteiger partial charge in [0.15, 0.2) is 0 Å². The first kappa shape index (κ1) is 17.9. The van der Waals surface area contributed by atoms with Gasteiger partial charge in [-0.05, 0) is 20.8 Å². The van der Waals surface area contributed by atoms with Gasteiger partial charge in [-0.1, -0.05) is 31.9 Å². The normalized spacial score (nSPS) is 18.2. The molecule has 0 saturated carbocycles. The Labute approximate surface area is 136 Å². The number of amides is 1. The molecular weight excluding hydrogens is 394 g/mol. The fourth-order valence-electron chi connectivity index (χ4n) is 1.77. The molecule has 0 aliphatic carbocycles. The number of aldehydes is 1. The van der Waals surface area contributed by atoms with Gasteiger partial charge < -0.3 is 9.53 Å². The van der Waals surface area contributed by atoms with Crippen molar-refractivity contribution < 1.29 is 14.3 Å². The second-order valence-electron chi connectivity index (χ2n) is 5.57. The molecule has 1 fully saturated rings. The Morgan fingerprint density at radius 1 is 1.55 bits per heavy atom. The molecule has 0 aromatic heterocycles. The van der Waals surface area contributed by atoms with E-state index in [0.717, 1.165) is 6.29 Å². The number of halogens is 2. The Kier molecular flexibility index (Phi) is 6.90. The summed E-state index contributed by atoms with van der Waals surface area (Å²) in [7, 11) is 0. The number of hydrogen-bond acceptors (Lipinski definition) is 5. The number of ether oxygens (including phenoxy) is 1. The monoisotopic (exact) mass is 413 g/mol. The highest BCUT2D eigenvalue weighted by Crippen LogP contribution is 2.17. The molecule has 0 aromatic carbocycles. The van der Waals surface area contributed by atoms with E-state index in [9.17, 15) is 9.59 Å². The summed E-state index contributed by atoms with van der Waals surface area (Å²) >= 11 is 6.54. The van der Waals surface area contributed by atoms with Crippen molar-refractivity contribution in [2.24, 2.45) is 0 Å². The summed E-state index contributed by atoms with van der Waals surface area (Å²) in [5.41, 5.74) is -0.511. The second-order valence-corrected chi connectivity index (χ2v) is 7.35. The number of carbonyl (C=O) groups is 2. The number of alkyl halides is 2. The number of nitrogens with one attached hydrogen (secondary N) is 1. The summed E-state index contributed by atoms with van der Waals surface area (Å²) in [6.45, 7) is 7.42. The maximum atomic E-state index is 12.1. The predicted octanol–water partition coefficient (Wildman–Crippen LogP) is 1.73. The zero-order valence-electron chi connectivity index (χ0n) is 11.9. The number of rotatable bonds is 6. The largest absolute Gasteiger partial charge is 0.443 e. The van der Waals surface area contributed by atoms with E-state index in [1.807, 2.05) is 25.8 Å². The van der Waals surface area contributed by atoms with Gasteiger partial charge in [-0.25, -0.2) is 14.8 Å². The highest BCUT2D eigenvalue weighted by molar-refractivity contribution is 9.10. The van der Waals surface area contributed by atoms with Gasteiger partial charge in [-0.2, -0.15) is 0 Å². The Hall–Kier alpha value is -0.180. The molecule has 1 heterocycles. The van der Waals surface area contributed by atoms with Gasteiger partial charge in [-0.3, -0.25) is 5.32 Å². The molecular formula is C12H21Br2N3O3. The number of hydrazine groups is 1. The van der Waals surface area contributed by atoms with Gasteiger partial charge in [0.25, 0.3) is 0 Å². The van der Waals surface area contributed by atoms with Crippen molar-refractivity contribution in [2.45, 2.75) is 37.4 Å². The van der Waals surface area contributed by atoms with Crippen molar-refractivity contribution in [2.75, 3.05) is 25.0 Å². The first-order valence-electron chi connectivity index (χ1n) is 6.43. The highest BCUT2D eigenvalue weighted by atomic mass is 79.9. The van der Waals surface area contributed by atoms with Crippen molar-refractivity contribution in [1.82, 2.24) is 15.3 Å². The molecule has 6 nitrogen and oxygen atoms in total. The van der Waals surface area contributed by atoms with E-state index in [2.05, 4.69) is 37.2 Å². The van der Waals surface area contributed by atoms with Crippen LogP contribution in [0, 0.1) is 0 Å². The Balaban J connectivity index is 2.49. The standard InChI is InChI=1S/C12H21Br2N3O3/c1-12(2,3)20-11(19)17(5-4-13)16-6-9(7-16)15-10(14)8-18/h8-10,15H,4-7H2,1-3H3. The minimum absolute atomic E-state index is 0.185. The van der Waals surface area contributed by atoms with Gasteiger partial charge in [0.1, 0.15) is 16.8 Å². The van der Waals surface area contributed by atoms with Crippen LogP contribution in [-0.4, -0.2) is 64.0 Å². The summed E-state index contributed by atoms with van der Waals surface area (Å²) < 4.78 is 5.39. The first-order valence-corrected chi connectivity index (χ1v) is 8.47. The van der Waals surface area contributed by atoms with Crippen LogP contribution in [0.2, 0.25) is 0 Å². The summed E-state index contributed by atoms with van der Waals surface area (Å²) in [4.78, 5) is 22.3. The zero-order valence-corrected chi connectivity index (χ0v) is 15.1. The van der Waals surface area contributed by atoms with Crippen molar-refractivity contribution in [3.63, 3.8) is 0 Å². The van der Waals surface area contributed by atoms with Gasteiger partial charge in [0, 0.05) is 24.5 Å². The molecule has 1 atom stereocenters. The topological polar surface area (TPSA) is 61.9 Å². The number of hydrogen-bond donors (Lipinski definition) is 1. The second kappa shape index (κ2) is 7.72. The van der Waals surface area contributed by atoms with Crippen LogP contribution < -0.4 is 5.32 Å². The van der Waals surface area contributed by atoms with E-state index in [-0.39, 0.29) is 17.1 Å². The highest BCUT2D eigenvalue weighted by Gasteiger charge is 2.36. The molecule has 1 aliphatic heterocycles. The summed E-state index contributed by atoms with van der Waals surface area (Å²) in [6, 6.07) is 0.185. The quantitative estimate of drug-likeness (QED) is 0.407. The predicted molar refractivity (Wildman–Crippen MR) is 84.0 cm³/mol. The van der Waals surface area contributed by atoms with Crippen molar-refractivity contribution in [3.05, 3.63) is 0 Å². The molecule has 1 amide bonds. The average Bonchev–Trinajstić information content (AvgIpc) is 2.28. The third-order valence-electron chi connectivity index (χ3n) is 2.62. The van der Waals surface area contributed by atoms with Gasteiger partial charge in [0.05, 0.1) is 6.54 Å². The molecule has 1 aliphatic rings. The molecule has 1 N–H and O–H groups in total. The molecule has 1 rings (SSSR count). The fraction of sp³-hybridized carbons (Fsp3) is 0.833. The van der Waals surface area contributed by atoms with Gasteiger partial charge in [0.2, 0.25) is 0 Å². The lowest BCUT2D eigenvalue weighted by molar-refractivity contribution is -0.110. The van der Waals surface area contributed by atoms with E-state index in [4.69, 9.17) is 4.74 Å². The van der Waals surface area contributed by atoms with Crippen molar-refractivity contribution in [3.8, 4) is 0 Å². The maximum Gasteiger partial charge on any atom is 0.425 e. The van der Waals surface area contributed by atoms with Crippen LogP contribution in [0.25, 0.3) is 0 Å². The lowest BCUT2D eigenvalue weighted by atomic mass is 10.1. The maximum absolute atomic E-state index is 12.1. The van der Waals surface area contributed by atoms with Crippen LogP contribution in [-0.2, 0) is 9.53 Å². The Bertz CT molecular complexity index is 343. The smallest absolute Gasteiger partial charge is 0.425 e. The van der Waals surface area contributed by atoms with E-state index in [1.165, 1.54) is 0 Å². The lowest BCUT2D eigenvalue weighted by Gasteiger charge is -2.46. The van der Waals surface area contributed by atoms with Crippen LogP contribution in [0.1, 0.15) is 20.8 Å². The summed E-state index contributed by atoms with van der Waals surface area (Å²) in [6.07, 6.45) is 0.452. The van der Waals surface area contributed by atoms with E-state index >= 15 is 0 Å². The number of nitrogens with zero attached hydrogens (tertiary/aromatic N) is 2.